The molecule has 3 rings (SSSR count). The average molecular weight is 315 g/mol. The summed E-state index contributed by atoms with van der Waals surface area (Å²) in [6, 6.07) is 10.9. The van der Waals surface area contributed by atoms with Crippen molar-refractivity contribution in [1.29, 1.82) is 0 Å². The Kier molecular flexibility index (Phi) is 4.27. The molecule has 0 bridgehead atoms. The maximum Gasteiger partial charge on any atom is 0.230 e. The van der Waals surface area contributed by atoms with Crippen LogP contribution in [0.15, 0.2) is 42.5 Å². The predicted molar refractivity (Wildman–Crippen MR) is 85.2 cm³/mol. The van der Waals surface area contributed by atoms with Gasteiger partial charge in [0.1, 0.15) is 11.6 Å². The van der Waals surface area contributed by atoms with Crippen LogP contribution < -0.4 is 16.2 Å². The summed E-state index contributed by atoms with van der Waals surface area (Å²) in [6.45, 7) is 2.31. The van der Waals surface area contributed by atoms with E-state index in [1.165, 1.54) is 12.1 Å². The molecule has 2 atom stereocenters. The van der Waals surface area contributed by atoms with Crippen LogP contribution in [-0.2, 0) is 4.79 Å². The summed E-state index contributed by atoms with van der Waals surface area (Å²) < 4.78 is 13.1. The Morgan fingerprint density at radius 1 is 1.26 bits per heavy atom. The molecule has 1 aliphatic rings. The highest BCUT2D eigenvalue weighted by atomic mass is 19.1. The van der Waals surface area contributed by atoms with Crippen LogP contribution >= 0.6 is 0 Å². The molecule has 0 spiro atoms. The van der Waals surface area contributed by atoms with Gasteiger partial charge in [-0.2, -0.15) is 0 Å². The second kappa shape index (κ2) is 6.36. The van der Waals surface area contributed by atoms with E-state index in [2.05, 4.69) is 16.2 Å². The van der Waals surface area contributed by atoms with Crippen molar-refractivity contribution in [3.05, 3.63) is 59.4 Å². The largest absolute Gasteiger partial charge is 0.506 e. The van der Waals surface area contributed by atoms with Gasteiger partial charge in [0.2, 0.25) is 5.91 Å². The zero-order valence-electron chi connectivity index (χ0n) is 12.6. The lowest BCUT2D eigenvalue weighted by Gasteiger charge is -2.19. The lowest BCUT2D eigenvalue weighted by Crippen LogP contribution is -2.29. The Labute approximate surface area is 133 Å². The number of carbonyl (C=O) groups excluding carboxylic acids is 1. The van der Waals surface area contributed by atoms with Crippen molar-refractivity contribution in [2.24, 2.45) is 5.92 Å². The Bertz CT molecular complexity index is 718. The van der Waals surface area contributed by atoms with Gasteiger partial charge in [-0.25, -0.2) is 9.82 Å². The molecule has 2 unspecified atom stereocenters. The van der Waals surface area contributed by atoms with E-state index in [4.69, 9.17) is 0 Å². The lowest BCUT2D eigenvalue weighted by molar-refractivity contribution is -0.119. The third-order valence-electron chi connectivity index (χ3n) is 3.96. The van der Waals surface area contributed by atoms with Crippen molar-refractivity contribution in [3.8, 4) is 5.75 Å². The van der Waals surface area contributed by atoms with Gasteiger partial charge in [-0.1, -0.05) is 18.2 Å². The minimum absolute atomic E-state index is 0.0376. The monoisotopic (exact) mass is 315 g/mol. The number of anilines is 1. The average Bonchev–Trinajstić information content (AvgIpc) is 3.00. The molecule has 0 aromatic heterocycles. The van der Waals surface area contributed by atoms with Gasteiger partial charge < -0.3 is 10.4 Å². The number of carbonyl (C=O) groups is 1. The first-order valence-corrected chi connectivity index (χ1v) is 7.39. The fourth-order valence-corrected chi connectivity index (χ4v) is 2.70. The number of hydrazine groups is 1. The molecule has 2 aromatic rings. The highest BCUT2D eigenvalue weighted by Crippen LogP contribution is 2.29. The van der Waals surface area contributed by atoms with Crippen molar-refractivity contribution in [1.82, 2.24) is 10.9 Å². The summed E-state index contributed by atoms with van der Waals surface area (Å²) in [5, 5.41) is 12.7. The van der Waals surface area contributed by atoms with Crippen LogP contribution in [0.4, 0.5) is 10.1 Å². The van der Waals surface area contributed by atoms with Crippen LogP contribution in [-0.4, -0.2) is 17.6 Å². The maximum atomic E-state index is 13.1. The Morgan fingerprint density at radius 3 is 2.70 bits per heavy atom. The summed E-state index contributed by atoms with van der Waals surface area (Å²) >= 11 is 0. The van der Waals surface area contributed by atoms with Gasteiger partial charge in [0.25, 0.3) is 0 Å². The maximum absolute atomic E-state index is 13.1. The molecule has 6 heteroatoms. The standard InChI is InChI=1S/C17H18FN3O2/c1-10-2-7-14(15(22)8-10)20-17(23)13-9-19-21-16(13)11-3-5-12(18)6-4-11/h2-8,13,16,19,21-22H,9H2,1H3,(H,20,23). The van der Waals surface area contributed by atoms with Gasteiger partial charge in [-0.3, -0.25) is 10.2 Å². The van der Waals surface area contributed by atoms with Crippen LogP contribution in [0.2, 0.25) is 0 Å². The van der Waals surface area contributed by atoms with Gasteiger partial charge in [-0.15, -0.1) is 0 Å². The van der Waals surface area contributed by atoms with Gasteiger partial charge in [0, 0.05) is 6.54 Å². The van der Waals surface area contributed by atoms with E-state index in [1.807, 2.05) is 13.0 Å². The molecule has 0 aliphatic carbocycles. The summed E-state index contributed by atoms with van der Waals surface area (Å²) in [4.78, 5) is 12.5. The molecule has 1 heterocycles. The molecule has 23 heavy (non-hydrogen) atoms. The van der Waals surface area contributed by atoms with E-state index in [-0.39, 0.29) is 29.4 Å². The van der Waals surface area contributed by atoms with E-state index < -0.39 is 0 Å². The first-order chi connectivity index (χ1) is 11.0. The molecule has 4 N–H and O–H groups in total. The Morgan fingerprint density at radius 2 is 2.00 bits per heavy atom. The number of halogens is 1. The third kappa shape index (κ3) is 3.33. The van der Waals surface area contributed by atoms with Gasteiger partial charge >= 0.3 is 0 Å². The zero-order valence-corrected chi connectivity index (χ0v) is 12.6. The van der Waals surface area contributed by atoms with E-state index in [9.17, 15) is 14.3 Å². The van der Waals surface area contributed by atoms with Crippen LogP contribution in [0.3, 0.4) is 0 Å². The molecular formula is C17H18FN3O2. The van der Waals surface area contributed by atoms with Gasteiger partial charge in [0.05, 0.1) is 17.6 Å². The van der Waals surface area contributed by atoms with E-state index in [0.717, 1.165) is 11.1 Å². The van der Waals surface area contributed by atoms with Crippen molar-refractivity contribution >= 4 is 11.6 Å². The van der Waals surface area contributed by atoms with E-state index in [1.54, 1.807) is 24.3 Å². The Hall–Kier alpha value is -2.44. The quantitative estimate of drug-likeness (QED) is 0.656. The lowest BCUT2D eigenvalue weighted by atomic mass is 9.94. The number of phenols is 1. The molecular weight excluding hydrogens is 297 g/mol. The molecule has 5 nitrogen and oxygen atoms in total. The molecule has 1 fully saturated rings. The molecule has 1 saturated heterocycles. The normalized spacial score (nSPS) is 20.4. The fourth-order valence-electron chi connectivity index (χ4n) is 2.70. The number of aromatic hydroxyl groups is 1. The summed E-state index contributed by atoms with van der Waals surface area (Å²) in [5.74, 6) is -0.863. The summed E-state index contributed by atoms with van der Waals surface area (Å²) in [6.07, 6.45) is 0. The van der Waals surface area contributed by atoms with E-state index >= 15 is 0 Å². The van der Waals surface area contributed by atoms with Crippen molar-refractivity contribution < 1.29 is 14.3 Å². The highest BCUT2D eigenvalue weighted by molar-refractivity contribution is 5.94. The Balaban J connectivity index is 1.76. The zero-order chi connectivity index (χ0) is 16.4. The molecule has 0 radical (unpaired) electrons. The number of hydrogen-bond acceptors (Lipinski definition) is 4. The number of amides is 1. The second-order valence-corrected chi connectivity index (χ2v) is 5.67. The summed E-state index contributed by atoms with van der Waals surface area (Å²) in [5.41, 5.74) is 8.11. The van der Waals surface area contributed by atoms with Crippen LogP contribution in [0.25, 0.3) is 0 Å². The van der Waals surface area contributed by atoms with Crippen LogP contribution in [0.1, 0.15) is 17.2 Å². The number of aryl methyl sites for hydroxylation is 1. The fraction of sp³-hybridized carbons (Fsp3) is 0.235. The minimum Gasteiger partial charge on any atom is -0.506 e. The molecule has 0 saturated carbocycles. The molecule has 120 valence electrons. The number of benzene rings is 2. The molecule has 1 amide bonds. The number of hydrogen-bond donors (Lipinski definition) is 4. The topological polar surface area (TPSA) is 73.4 Å². The van der Waals surface area contributed by atoms with Gasteiger partial charge in [-0.05, 0) is 42.3 Å². The third-order valence-corrected chi connectivity index (χ3v) is 3.96. The smallest absolute Gasteiger partial charge is 0.230 e. The summed E-state index contributed by atoms with van der Waals surface area (Å²) in [7, 11) is 0. The second-order valence-electron chi connectivity index (χ2n) is 5.67. The van der Waals surface area contributed by atoms with Crippen molar-refractivity contribution in [2.45, 2.75) is 13.0 Å². The minimum atomic E-state index is -0.374. The SMILES string of the molecule is Cc1ccc(NC(=O)C2CNNC2c2ccc(F)cc2)c(O)c1. The number of rotatable bonds is 3. The number of phenolic OH excluding ortho intramolecular Hbond substituents is 1. The van der Waals surface area contributed by atoms with Crippen LogP contribution in [0.5, 0.6) is 5.75 Å². The van der Waals surface area contributed by atoms with E-state index in [0.29, 0.717) is 12.2 Å². The first-order valence-electron chi connectivity index (χ1n) is 7.39. The van der Waals surface area contributed by atoms with Crippen molar-refractivity contribution in [3.63, 3.8) is 0 Å². The molecule has 1 aliphatic heterocycles. The predicted octanol–water partition coefficient (Wildman–Crippen LogP) is 2.24. The number of nitrogens with one attached hydrogen (secondary N) is 3. The highest BCUT2D eigenvalue weighted by Gasteiger charge is 2.34. The van der Waals surface area contributed by atoms with Crippen LogP contribution in [0, 0.1) is 18.7 Å². The molecule has 2 aromatic carbocycles. The first kappa shape index (κ1) is 15.5. The van der Waals surface area contributed by atoms with Gasteiger partial charge in [0.15, 0.2) is 0 Å². The van der Waals surface area contributed by atoms with Crippen molar-refractivity contribution in [2.75, 3.05) is 11.9 Å².